The van der Waals surface area contributed by atoms with Crippen molar-refractivity contribution < 1.29 is 18.4 Å². The summed E-state index contributed by atoms with van der Waals surface area (Å²) in [5, 5.41) is 13.0. The molecule has 2 heterocycles. The van der Waals surface area contributed by atoms with Gasteiger partial charge >= 0.3 is 0 Å². The number of hydrogen-bond acceptors (Lipinski definition) is 4. The van der Waals surface area contributed by atoms with Gasteiger partial charge in [-0.05, 0) is 43.4 Å². The zero-order valence-corrected chi connectivity index (χ0v) is 17.5. The summed E-state index contributed by atoms with van der Waals surface area (Å²) in [7, 11) is 0. The van der Waals surface area contributed by atoms with Crippen molar-refractivity contribution in [3.05, 3.63) is 77.4 Å². The lowest BCUT2D eigenvalue weighted by Crippen LogP contribution is -2.44. The van der Waals surface area contributed by atoms with Crippen LogP contribution in [0.2, 0.25) is 0 Å². The van der Waals surface area contributed by atoms with E-state index in [-0.39, 0.29) is 17.9 Å². The Bertz CT molecular complexity index is 1150. The van der Waals surface area contributed by atoms with Crippen LogP contribution in [0.3, 0.4) is 0 Å². The van der Waals surface area contributed by atoms with Gasteiger partial charge in [0.1, 0.15) is 23.5 Å². The van der Waals surface area contributed by atoms with Crippen molar-refractivity contribution in [3.8, 4) is 0 Å². The summed E-state index contributed by atoms with van der Waals surface area (Å²) in [6.07, 6.45) is 9.41. The van der Waals surface area contributed by atoms with Gasteiger partial charge in [0, 0.05) is 17.9 Å². The summed E-state index contributed by atoms with van der Waals surface area (Å²) in [5.74, 6) is -2.26. The number of rotatable bonds is 6. The molecule has 1 aliphatic carbocycles. The molecule has 9 heteroatoms. The molecule has 1 aliphatic heterocycles. The minimum atomic E-state index is -0.924. The van der Waals surface area contributed by atoms with Gasteiger partial charge in [0.25, 0.3) is 5.91 Å². The second kappa shape index (κ2) is 8.49. The van der Waals surface area contributed by atoms with Crippen LogP contribution < -0.4 is 10.6 Å². The third kappa shape index (κ3) is 4.37. The van der Waals surface area contributed by atoms with Gasteiger partial charge in [0.15, 0.2) is 0 Å². The summed E-state index contributed by atoms with van der Waals surface area (Å²) >= 11 is 0. The summed E-state index contributed by atoms with van der Waals surface area (Å²) < 4.78 is 28.1. The Balaban J connectivity index is 1.47. The van der Waals surface area contributed by atoms with Crippen LogP contribution in [-0.2, 0) is 16.6 Å². The number of carbonyl (C=O) groups excluding carboxylic acids is 2. The first kappa shape index (κ1) is 21.6. The molecule has 3 N–H and O–H groups in total. The number of nitrogens with zero attached hydrogens (tertiary/aromatic N) is 2. The Morgan fingerprint density at radius 1 is 1.31 bits per heavy atom. The number of carbonyl (C=O) groups is 2. The van der Waals surface area contributed by atoms with Crippen molar-refractivity contribution in [2.24, 2.45) is 0 Å². The number of amides is 2. The first-order valence-corrected chi connectivity index (χ1v) is 10.3. The van der Waals surface area contributed by atoms with Crippen molar-refractivity contribution in [2.75, 3.05) is 5.32 Å². The second-order valence-electron chi connectivity index (χ2n) is 8.15. The third-order valence-corrected chi connectivity index (χ3v) is 5.72. The lowest BCUT2D eigenvalue weighted by atomic mass is 9.89. The van der Waals surface area contributed by atoms with E-state index >= 15 is 0 Å². The van der Waals surface area contributed by atoms with Gasteiger partial charge in [0.05, 0.1) is 5.69 Å². The lowest BCUT2D eigenvalue weighted by Gasteiger charge is -2.19. The molecule has 1 aromatic carbocycles. The number of allylic oxidation sites excluding steroid dienone is 5. The van der Waals surface area contributed by atoms with Gasteiger partial charge in [-0.25, -0.2) is 8.78 Å². The predicted octanol–water partition coefficient (Wildman–Crippen LogP) is 3.49. The van der Waals surface area contributed by atoms with Crippen LogP contribution in [0.1, 0.15) is 48.2 Å². The molecular formula is C23H23F2N5O2. The van der Waals surface area contributed by atoms with E-state index in [2.05, 4.69) is 32.4 Å². The molecule has 2 aliphatic rings. The number of H-pyrrole nitrogens is 1. The van der Waals surface area contributed by atoms with Crippen molar-refractivity contribution in [1.29, 1.82) is 0 Å². The molecule has 166 valence electrons. The lowest BCUT2D eigenvalue weighted by molar-refractivity contribution is -0.118. The standard InChI is InChI=1S/C23H23F2N5O2/c1-3-4-5-6-13(2)9-18-27-20(30-29-18)22(32)26-17-12-23(7-8-23)15-10-14(24)11-16(25)19(15)28-21(17)31/h3-6,10-11,17H,2,7-9,12H2,1H3,(H,26,32)(H,28,31)(H,27,29,30)/b4-3-,6-5-. The Hall–Kier alpha value is -3.62. The van der Waals surface area contributed by atoms with Crippen LogP contribution in [0.5, 0.6) is 0 Å². The molecule has 1 unspecified atom stereocenters. The van der Waals surface area contributed by atoms with E-state index in [1.54, 1.807) is 0 Å². The van der Waals surface area contributed by atoms with Gasteiger partial charge in [-0.15, -0.1) is 10.2 Å². The average Bonchev–Trinajstić information content (AvgIpc) is 3.39. The van der Waals surface area contributed by atoms with Crippen LogP contribution >= 0.6 is 0 Å². The SMILES string of the molecule is C=C(/C=C\C=C/C)Cc1nnc(C(=O)NC2CC3(CC3)c3cc(F)cc(F)c3NC2=O)[nH]1. The monoisotopic (exact) mass is 439 g/mol. The van der Waals surface area contributed by atoms with Crippen LogP contribution in [-0.4, -0.2) is 33.0 Å². The van der Waals surface area contributed by atoms with Crippen molar-refractivity contribution in [3.63, 3.8) is 0 Å². The van der Waals surface area contributed by atoms with Crippen LogP contribution in [0.15, 0.2) is 48.6 Å². The van der Waals surface area contributed by atoms with Gasteiger partial charge < -0.3 is 15.6 Å². The zero-order valence-electron chi connectivity index (χ0n) is 17.5. The van der Waals surface area contributed by atoms with Gasteiger partial charge in [-0.1, -0.05) is 30.9 Å². The number of benzene rings is 1. The number of halogens is 2. The molecule has 2 aromatic rings. The summed E-state index contributed by atoms with van der Waals surface area (Å²) in [6, 6.07) is 1.08. The minimum absolute atomic E-state index is 0.0166. The number of aromatic amines is 1. The Morgan fingerprint density at radius 3 is 2.81 bits per heavy atom. The first-order valence-electron chi connectivity index (χ1n) is 10.3. The Kier molecular flexibility index (Phi) is 5.73. The molecule has 4 rings (SSSR count). The molecule has 7 nitrogen and oxygen atoms in total. The number of hydrogen-bond donors (Lipinski definition) is 3. The van der Waals surface area contributed by atoms with E-state index in [0.717, 1.165) is 11.6 Å². The molecule has 0 radical (unpaired) electrons. The number of anilines is 1. The van der Waals surface area contributed by atoms with Crippen LogP contribution in [0.4, 0.5) is 14.5 Å². The summed E-state index contributed by atoms with van der Waals surface area (Å²) in [6.45, 7) is 5.83. The largest absolute Gasteiger partial charge is 0.337 e. The maximum absolute atomic E-state index is 14.3. The fraction of sp³-hybridized carbons (Fsp3) is 0.304. The van der Waals surface area contributed by atoms with Gasteiger partial charge in [-0.3, -0.25) is 9.59 Å². The summed E-state index contributed by atoms with van der Waals surface area (Å²) in [5.41, 5.74) is 0.652. The Morgan fingerprint density at radius 2 is 2.09 bits per heavy atom. The van der Waals surface area contributed by atoms with E-state index in [1.807, 2.05) is 31.2 Å². The quantitative estimate of drug-likeness (QED) is 0.600. The fourth-order valence-electron chi connectivity index (χ4n) is 3.95. The van der Waals surface area contributed by atoms with E-state index in [9.17, 15) is 18.4 Å². The highest BCUT2D eigenvalue weighted by Crippen LogP contribution is 2.55. The maximum Gasteiger partial charge on any atom is 0.289 e. The van der Waals surface area contributed by atoms with Crippen LogP contribution in [0, 0.1) is 11.6 Å². The average molecular weight is 439 g/mol. The van der Waals surface area contributed by atoms with Crippen molar-refractivity contribution in [2.45, 2.75) is 44.1 Å². The molecule has 0 bridgehead atoms. The molecule has 0 saturated heterocycles. The molecule has 1 aromatic heterocycles. The van der Waals surface area contributed by atoms with Gasteiger partial charge in [-0.2, -0.15) is 0 Å². The van der Waals surface area contributed by atoms with Crippen LogP contribution in [0.25, 0.3) is 0 Å². The van der Waals surface area contributed by atoms with E-state index in [0.29, 0.717) is 30.7 Å². The predicted molar refractivity (Wildman–Crippen MR) is 115 cm³/mol. The minimum Gasteiger partial charge on any atom is -0.337 e. The van der Waals surface area contributed by atoms with E-state index in [4.69, 9.17) is 0 Å². The smallest absolute Gasteiger partial charge is 0.289 e. The normalized spacial score (nSPS) is 19.1. The maximum atomic E-state index is 14.3. The molecule has 1 saturated carbocycles. The van der Waals surface area contributed by atoms with Gasteiger partial charge in [0.2, 0.25) is 11.7 Å². The first-order chi connectivity index (χ1) is 15.3. The highest BCUT2D eigenvalue weighted by Gasteiger charge is 2.51. The molecule has 1 atom stereocenters. The highest BCUT2D eigenvalue weighted by atomic mass is 19.1. The van der Waals surface area contributed by atoms with E-state index < -0.39 is 34.9 Å². The second-order valence-corrected chi connectivity index (χ2v) is 8.15. The zero-order chi connectivity index (χ0) is 22.9. The molecule has 32 heavy (non-hydrogen) atoms. The fourth-order valence-corrected chi connectivity index (χ4v) is 3.95. The Labute approximate surface area is 183 Å². The molecule has 1 spiro atoms. The number of nitrogens with one attached hydrogen (secondary N) is 3. The molecule has 1 fully saturated rings. The highest BCUT2D eigenvalue weighted by molar-refractivity contribution is 6.01. The number of fused-ring (bicyclic) bond motifs is 2. The number of aromatic nitrogens is 3. The van der Waals surface area contributed by atoms with E-state index in [1.165, 1.54) is 6.07 Å². The van der Waals surface area contributed by atoms with Crippen molar-refractivity contribution in [1.82, 2.24) is 20.5 Å². The molecule has 2 amide bonds. The molecular weight excluding hydrogens is 416 g/mol. The van der Waals surface area contributed by atoms with Crippen molar-refractivity contribution >= 4 is 17.5 Å². The summed E-state index contributed by atoms with van der Waals surface area (Å²) in [4.78, 5) is 28.3. The topological polar surface area (TPSA) is 99.8 Å². The third-order valence-electron chi connectivity index (χ3n) is 5.72.